The number of rotatable bonds is 3. The van der Waals surface area contributed by atoms with Crippen LogP contribution in [-0.4, -0.2) is 30.6 Å². The summed E-state index contributed by atoms with van der Waals surface area (Å²) >= 11 is 0. The molecule has 0 aromatic rings. The number of hydrogen-bond acceptors (Lipinski definition) is 4. The maximum Gasteiger partial charge on any atom is 0.334 e. The van der Waals surface area contributed by atoms with Crippen LogP contribution >= 0.6 is 0 Å². The summed E-state index contributed by atoms with van der Waals surface area (Å²) in [4.78, 5) is 13.1. The molecule has 4 heteroatoms. The minimum atomic E-state index is -0.351. The second-order valence-corrected chi connectivity index (χ2v) is 3.37. The monoisotopic (exact) mass is 198 g/mol. The first-order valence-corrected chi connectivity index (χ1v) is 5.13. The number of carbonyl (C=O) groups is 1. The highest BCUT2D eigenvalue weighted by molar-refractivity contribution is 5.82. The molecule has 1 heterocycles. The van der Waals surface area contributed by atoms with Gasteiger partial charge in [0.15, 0.2) is 0 Å². The molecule has 0 aromatic carbocycles. The SMILES string of the molecule is CCOC(=O)C=C(N)N1CCCCC1. The van der Waals surface area contributed by atoms with E-state index in [1.165, 1.54) is 12.5 Å². The van der Waals surface area contributed by atoms with Crippen molar-refractivity contribution in [3.8, 4) is 0 Å². The van der Waals surface area contributed by atoms with Crippen LogP contribution in [0.1, 0.15) is 26.2 Å². The predicted molar refractivity (Wildman–Crippen MR) is 54.3 cm³/mol. The van der Waals surface area contributed by atoms with E-state index in [2.05, 4.69) is 0 Å². The number of nitrogens with zero attached hydrogens (tertiary/aromatic N) is 1. The van der Waals surface area contributed by atoms with E-state index in [0.29, 0.717) is 12.4 Å². The minimum absolute atomic E-state index is 0.351. The largest absolute Gasteiger partial charge is 0.463 e. The Morgan fingerprint density at radius 2 is 2.07 bits per heavy atom. The maximum absolute atomic E-state index is 11.1. The van der Waals surface area contributed by atoms with Crippen molar-refractivity contribution in [1.29, 1.82) is 0 Å². The Bertz CT molecular complexity index is 220. The molecule has 0 unspecified atom stereocenters. The van der Waals surface area contributed by atoms with Crippen molar-refractivity contribution in [2.75, 3.05) is 19.7 Å². The Hall–Kier alpha value is -1.19. The van der Waals surface area contributed by atoms with Gasteiger partial charge >= 0.3 is 5.97 Å². The van der Waals surface area contributed by atoms with Gasteiger partial charge < -0.3 is 15.4 Å². The van der Waals surface area contributed by atoms with Crippen LogP contribution < -0.4 is 5.73 Å². The van der Waals surface area contributed by atoms with Gasteiger partial charge in [0, 0.05) is 13.1 Å². The van der Waals surface area contributed by atoms with E-state index in [-0.39, 0.29) is 5.97 Å². The van der Waals surface area contributed by atoms with Gasteiger partial charge in [-0.15, -0.1) is 0 Å². The zero-order valence-corrected chi connectivity index (χ0v) is 8.66. The summed E-state index contributed by atoms with van der Waals surface area (Å²) in [6.07, 6.45) is 4.92. The van der Waals surface area contributed by atoms with E-state index in [0.717, 1.165) is 25.9 Å². The molecule has 0 saturated carbocycles. The molecule has 0 spiro atoms. The lowest BCUT2D eigenvalue weighted by Gasteiger charge is -2.28. The Labute approximate surface area is 84.7 Å². The second-order valence-electron chi connectivity index (χ2n) is 3.37. The molecule has 1 aliphatic heterocycles. The molecule has 0 radical (unpaired) electrons. The summed E-state index contributed by atoms with van der Waals surface area (Å²) in [6.45, 7) is 4.06. The zero-order valence-electron chi connectivity index (χ0n) is 8.66. The summed E-state index contributed by atoms with van der Waals surface area (Å²) < 4.78 is 4.78. The molecule has 80 valence electrons. The Kier molecular flexibility index (Phi) is 4.29. The lowest BCUT2D eigenvalue weighted by atomic mass is 10.1. The van der Waals surface area contributed by atoms with Crippen LogP contribution in [0.4, 0.5) is 0 Å². The number of carbonyl (C=O) groups excluding carboxylic acids is 1. The van der Waals surface area contributed by atoms with Gasteiger partial charge in [-0.25, -0.2) is 4.79 Å². The van der Waals surface area contributed by atoms with Crippen molar-refractivity contribution < 1.29 is 9.53 Å². The number of hydrogen-bond donors (Lipinski definition) is 1. The number of esters is 1. The fraction of sp³-hybridized carbons (Fsp3) is 0.700. The molecule has 14 heavy (non-hydrogen) atoms. The van der Waals surface area contributed by atoms with Crippen molar-refractivity contribution in [2.24, 2.45) is 5.73 Å². The topological polar surface area (TPSA) is 55.6 Å². The fourth-order valence-corrected chi connectivity index (χ4v) is 1.55. The number of ether oxygens (including phenoxy) is 1. The highest BCUT2D eigenvalue weighted by Gasteiger charge is 2.11. The number of likely N-dealkylation sites (tertiary alicyclic amines) is 1. The van der Waals surface area contributed by atoms with Gasteiger partial charge in [0.05, 0.1) is 12.7 Å². The Morgan fingerprint density at radius 3 is 2.64 bits per heavy atom. The molecule has 0 bridgehead atoms. The third-order valence-corrected chi connectivity index (χ3v) is 2.27. The van der Waals surface area contributed by atoms with Gasteiger partial charge in [0.1, 0.15) is 5.82 Å². The van der Waals surface area contributed by atoms with Crippen molar-refractivity contribution in [1.82, 2.24) is 4.90 Å². The number of piperidine rings is 1. The molecule has 0 aromatic heterocycles. The van der Waals surface area contributed by atoms with Gasteiger partial charge in [-0.05, 0) is 26.2 Å². The van der Waals surface area contributed by atoms with Crippen LogP contribution in [0.2, 0.25) is 0 Å². The third kappa shape index (κ3) is 3.28. The van der Waals surface area contributed by atoms with E-state index in [1.807, 2.05) is 4.90 Å². The molecule has 0 amide bonds. The standard InChI is InChI=1S/C10H18N2O2/c1-2-14-10(13)8-9(11)12-6-4-3-5-7-12/h8H,2-7,11H2,1H3. The van der Waals surface area contributed by atoms with Crippen molar-refractivity contribution in [2.45, 2.75) is 26.2 Å². The summed E-state index contributed by atoms with van der Waals surface area (Å²) in [5.74, 6) is 0.179. The van der Waals surface area contributed by atoms with Crippen LogP contribution in [-0.2, 0) is 9.53 Å². The van der Waals surface area contributed by atoms with Crippen LogP contribution in [0.15, 0.2) is 11.9 Å². The van der Waals surface area contributed by atoms with Crippen LogP contribution in [0.3, 0.4) is 0 Å². The Morgan fingerprint density at radius 1 is 1.43 bits per heavy atom. The van der Waals surface area contributed by atoms with E-state index < -0.39 is 0 Å². The van der Waals surface area contributed by atoms with Gasteiger partial charge in [0.25, 0.3) is 0 Å². The van der Waals surface area contributed by atoms with Crippen molar-refractivity contribution in [3.63, 3.8) is 0 Å². The zero-order chi connectivity index (χ0) is 10.4. The van der Waals surface area contributed by atoms with Crippen LogP contribution in [0.25, 0.3) is 0 Å². The Balaban J connectivity index is 2.44. The smallest absolute Gasteiger partial charge is 0.334 e. The molecule has 1 aliphatic rings. The molecular weight excluding hydrogens is 180 g/mol. The number of nitrogens with two attached hydrogens (primary N) is 1. The molecule has 1 rings (SSSR count). The van der Waals surface area contributed by atoms with Crippen molar-refractivity contribution in [3.05, 3.63) is 11.9 Å². The molecule has 4 nitrogen and oxygen atoms in total. The molecule has 0 aliphatic carbocycles. The normalized spacial score (nSPS) is 18.1. The summed E-state index contributed by atoms with van der Waals surface area (Å²) in [6, 6.07) is 0. The maximum atomic E-state index is 11.1. The van der Waals surface area contributed by atoms with Gasteiger partial charge in [0.2, 0.25) is 0 Å². The molecular formula is C10H18N2O2. The average Bonchev–Trinajstić information content (AvgIpc) is 2.19. The van der Waals surface area contributed by atoms with Crippen LogP contribution in [0, 0.1) is 0 Å². The highest BCUT2D eigenvalue weighted by Crippen LogP contribution is 2.11. The average molecular weight is 198 g/mol. The van der Waals surface area contributed by atoms with E-state index in [9.17, 15) is 4.79 Å². The molecule has 2 N–H and O–H groups in total. The fourth-order valence-electron chi connectivity index (χ4n) is 1.55. The lowest BCUT2D eigenvalue weighted by Crippen LogP contribution is -2.33. The second kappa shape index (κ2) is 5.52. The van der Waals surface area contributed by atoms with E-state index >= 15 is 0 Å². The first-order chi connectivity index (χ1) is 6.74. The van der Waals surface area contributed by atoms with Gasteiger partial charge in [-0.3, -0.25) is 0 Å². The van der Waals surface area contributed by atoms with Gasteiger partial charge in [-0.1, -0.05) is 0 Å². The molecule has 0 atom stereocenters. The molecule has 1 fully saturated rings. The van der Waals surface area contributed by atoms with E-state index in [4.69, 9.17) is 10.5 Å². The molecule has 1 saturated heterocycles. The van der Waals surface area contributed by atoms with Crippen molar-refractivity contribution >= 4 is 5.97 Å². The quantitative estimate of drug-likeness (QED) is 0.539. The summed E-state index contributed by atoms with van der Waals surface area (Å²) in [7, 11) is 0. The first kappa shape index (κ1) is 10.9. The predicted octanol–water partition coefficient (Wildman–Crippen LogP) is 0.835. The third-order valence-electron chi connectivity index (χ3n) is 2.27. The van der Waals surface area contributed by atoms with E-state index in [1.54, 1.807) is 6.92 Å². The summed E-state index contributed by atoms with van der Waals surface area (Å²) in [5.41, 5.74) is 5.77. The highest BCUT2D eigenvalue weighted by atomic mass is 16.5. The summed E-state index contributed by atoms with van der Waals surface area (Å²) in [5, 5.41) is 0. The lowest BCUT2D eigenvalue weighted by molar-refractivity contribution is -0.137. The minimum Gasteiger partial charge on any atom is -0.463 e. The van der Waals surface area contributed by atoms with Gasteiger partial charge in [-0.2, -0.15) is 0 Å². The first-order valence-electron chi connectivity index (χ1n) is 5.13. The van der Waals surface area contributed by atoms with Crippen LogP contribution in [0.5, 0.6) is 0 Å².